The largest absolute Gasteiger partial charge is 0.462 e. The standard InChI is InChI=1S/C24H30O3S/c1-3-4-10-21(19-28(26)23-16-14-20(2)15-17-23)11-8-9-18-27-24(25)22-12-6-5-7-13-22/h5-7,12-17,19H,3-4,8-11,18H2,1-2H3/b21-19+/t28-/m1/s1. The Balaban J connectivity index is 1.82. The summed E-state index contributed by atoms with van der Waals surface area (Å²) in [5.41, 5.74) is 2.98. The number of rotatable bonds is 11. The molecule has 0 amide bonds. The van der Waals surface area contributed by atoms with Crippen LogP contribution in [0.4, 0.5) is 0 Å². The molecule has 0 saturated heterocycles. The molecule has 0 saturated carbocycles. The highest BCUT2D eigenvalue weighted by Gasteiger charge is 2.07. The number of carbonyl (C=O) groups is 1. The first kappa shape index (κ1) is 22.1. The van der Waals surface area contributed by atoms with Gasteiger partial charge in [-0.15, -0.1) is 0 Å². The average Bonchev–Trinajstić information content (AvgIpc) is 2.72. The van der Waals surface area contributed by atoms with Crippen LogP contribution in [0.2, 0.25) is 0 Å². The molecule has 2 rings (SSSR count). The Bertz CT molecular complexity index is 779. The summed E-state index contributed by atoms with van der Waals surface area (Å²) >= 11 is 0. The lowest BCUT2D eigenvalue weighted by Gasteiger charge is -2.08. The number of hydrogen-bond donors (Lipinski definition) is 0. The number of ether oxygens (including phenoxy) is 1. The highest BCUT2D eigenvalue weighted by molar-refractivity contribution is 7.88. The van der Waals surface area contributed by atoms with E-state index in [1.807, 2.05) is 54.8 Å². The summed E-state index contributed by atoms with van der Waals surface area (Å²) in [5, 5.41) is 1.91. The van der Waals surface area contributed by atoms with Crippen LogP contribution in [0.5, 0.6) is 0 Å². The molecule has 0 bridgehead atoms. The van der Waals surface area contributed by atoms with Crippen molar-refractivity contribution in [2.75, 3.05) is 6.61 Å². The second-order valence-corrected chi connectivity index (χ2v) is 8.25. The maximum Gasteiger partial charge on any atom is 0.338 e. The molecule has 0 spiro atoms. The number of unbranched alkanes of at least 4 members (excludes halogenated alkanes) is 2. The maximum absolute atomic E-state index is 12.6. The van der Waals surface area contributed by atoms with Gasteiger partial charge in [0.1, 0.15) is 0 Å². The van der Waals surface area contributed by atoms with Crippen LogP contribution >= 0.6 is 0 Å². The van der Waals surface area contributed by atoms with Gasteiger partial charge in [0.15, 0.2) is 0 Å². The molecule has 0 fully saturated rings. The molecule has 1 atom stereocenters. The molecular weight excluding hydrogens is 368 g/mol. The second kappa shape index (κ2) is 12.3. The van der Waals surface area contributed by atoms with E-state index in [9.17, 15) is 9.00 Å². The van der Waals surface area contributed by atoms with Gasteiger partial charge in [-0.3, -0.25) is 0 Å². The van der Waals surface area contributed by atoms with Crippen molar-refractivity contribution in [2.24, 2.45) is 0 Å². The summed E-state index contributed by atoms with van der Waals surface area (Å²) < 4.78 is 18.0. The molecule has 150 valence electrons. The number of aryl methyl sites for hydroxylation is 1. The van der Waals surface area contributed by atoms with Crippen LogP contribution in [0, 0.1) is 6.92 Å². The zero-order valence-corrected chi connectivity index (χ0v) is 17.7. The number of allylic oxidation sites excluding steroid dienone is 1. The third kappa shape index (κ3) is 7.81. The SMILES string of the molecule is CCCC/C(=C\[S@@](=O)c1ccc(C)cc1)CCCCOC(=O)c1ccccc1. The van der Waals surface area contributed by atoms with Gasteiger partial charge in [-0.05, 0) is 63.3 Å². The predicted molar refractivity (Wildman–Crippen MR) is 116 cm³/mol. The van der Waals surface area contributed by atoms with Crippen molar-refractivity contribution >= 4 is 16.8 Å². The lowest BCUT2D eigenvalue weighted by atomic mass is 10.0. The topological polar surface area (TPSA) is 43.4 Å². The smallest absolute Gasteiger partial charge is 0.338 e. The van der Waals surface area contributed by atoms with E-state index in [1.54, 1.807) is 12.1 Å². The average molecular weight is 399 g/mol. The van der Waals surface area contributed by atoms with Gasteiger partial charge in [0, 0.05) is 10.3 Å². The van der Waals surface area contributed by atoms with Gasteiger partial charge < -0.3 is 4.74 Å². The first-order valence-corrected chi connectivity index (χ1v) is 11.2. The van der Waals surface area contributed by atoms with Crippen LogP contribution in [0.15, 0.2) is 70.5 Å². The summed E-state index contributed by atoms with van der Waals surface area (Å²) in [5.74, 6) is -0.275. The van der Waals surface area contributed by atoms with Gasteiger partial charge in [-0.1, -0.05) is 54.8 Å². The van der Waals surface area contributed by atoms with Crippen LogP contribution in [0.25, 0.3) is 0 Å². The fourth-order valence-corrected chi connectivity index (χ4v) is 3.89. The van der Waals surface area contributed by atoms with Crippen LogP contribution < -0.4 is 0 Å². The third-order valence-corrected chi connectivity index (χ3v) is 5.80. The van der Waals surface area contributed by atoms with E-state index in [2.05, 4.69) is 6.92 Å². The van der Waals surface area contributed by atoms with Gasteiger partial charge in [-0.25, -0.2) is 9.00 Å². The minimum atomic E-state index is -1.11. The highest BCUT2D eigenvalue weighted by Crippen LogP contribution is 2.19. The fraction of sp³-hybridized carbons (Fsp3) is 0.375. The van der Waals surface area contributed by atoms with Crippen molar-refractivity contribution < 1.29 is 13.7 Å². The van der Waals surface area contributed by atoms with Gasteiger partial charge >= 0.3 is 5.97 Å². The van der Waals surface area contributed by atoms with Gasteiger partial charge in [0.05, 0.1) is 23.0 Å². The molecule has 2 aromatic rings. The van der Waals surface area contributed by atoms with E-state index < -0.39 is 10.8 Å². The Morgan fingerprint density at radius 1 is 0.964 bits per heavy atom. The first-order chi connectivity index (χ1) is 13.6. The van der Waals surface area contributed by atoms with Crippen LogP contribution in [-0.4, -0.2) is 16.8 Å². The van der Waals surface area contributed by atoms with E-state index in [4.69, 9.17) is 4.74 Å². The Morgan fingerprint density at radius 2 is 1.64 bits per heavy atom. The Kier molecular flexibility index (Phi) is 9.70. The number of esters is 1. The minimum Gasteiger partial charge on any atom is -0.462 e. The molecule has 28 heavy (non-hydrogen) atoms. The molecule has 0 heterocycles. The minimum absolute atomic E-state index is 0.275. The molecule has 0 radical (unpaired) electrons. The van der Waals surface area contributed by atoms with Crippen molar-refractivity contribution in [2.45, 2.75) is 57.3 Å². The molecule has 3 nitrogen and oxygen atoms in total. The van der Waals surface area contributed by atoms with Crippen molar-refractivity contribution in [1.82, 2.24) is 0 Å². The molecule has 4 heteroatoms. The molecule has 0 N–H and O–H groups in total. The fourth-order valence-electron chi connectivity index (χ4n) is 2.82. The quantitative estimate of drug-likeness (QED) is 0.334. The normalized spacial score (nSPS) is 12.6. The summed E-state index contributed by atoms with van der Waals surface area (Å²) in [6.45, 7) is 4.60. The Labute approximate surface area is 171 Å². The molecule has 2 aromatic carbocycles. The zero-order chi connectivity index (χ0) is 20.2. The van der Waals surface area contributed by atoms with Crippen molar-refractivity contribution in [3.63, 3.8) is 0 Å². The van der Waals surface area contributed by atoms with E-state index in [0.717, 1.165) is 43.4 Å². The summed E-state index contributed by atoms with van der Waals surface area (Å²) in [6, 6.07) is 16.9. The Hall–Kier alpha value is -2.20. The molecule has 0 aromatic heterocycles. The summed E-state index contributed by atoms with van der Waals surface area (Å²) in [7, 11) is -1.11. The number of hydrogen-bond acceptors (Lipinski definition) is 3. The molecule has 0 aliphatic heterocycles. The van der Waals surface area contributed by atoms with Crippen molar-refractivity contribution in [3.05, 3.63) is 76.7 Å². The lowest BCUT2D eigenvalue weighted by Crippen LogP contribution is -2.06. The monoisotopic (exact) mass is 398 g/mol. The molecule has 0 aliphatic rings. The summed E-state index contributed by atoms with van der Waals surface area (Å²) in [6.07, 6.45) is 5.80. The zero-order valence-electron chi connectivity index (χ0n) is 16.9. The van der Waals surface area contributed by atoms with Crippen LogP contribution in [0.3, 0.4) is 0 Å². The molecule has 0 unspecified atom stereocenters. The Morgan fingerprint density at radius 3 is 2.32 bits per heavy atom. The third-order valence-electron chi connectivity index (χ3n) is 4.51. The lowest BCUT2D eigenvalue weighted by molar-refractivity contribution is 0.0498. The van der Waals surface area contributed by atoms with Crippen LogP contribution in [0.1, 0.15) is 61.4 Å². The van der Waals surface area contributed by atoms with E-state index in [1.165, 1.54) is 11.1 Å². The predicted octanol–water partition coefficient (Wildman–Crippen LogP) is 6.20. The van der Waals surface area contributed by atoms with Crippen molar-refractivity contribution in [3.8, 4) is 0 Å². The second-order valence-electron chi connectivity index (χ2n) is 6.95. The van der Waals surface area contributed by atoms with Gasteiger partial charge in [-0.2, -0.15) is 0 Å². The van der Waals surface area contributed by atoms with Gasteiger partial charge in [0.25, 0.3) is 0 Å². The highest BCUT2D eigenvalue weighted by atomic mass is 32.2. The molecular formula is C24H30O3S. The van der Waals surface area contributed by atoms with E-state index in [0.29, 0.717) is 12.2 Å². The van der Waals surface area contributed by atoms with E-state index >= 15 is 0 Å². The number of benzene rings is 2. The number of carbonyl (C=O) groups excluding carboxylic acids is 1. The maximum atomic E-state index is 12.6. The van der Waals surface area contributed by atoms with E-state index in [-0.39, 0.29) is 5.97 Å². The first-order valence-electron chi connectivity index (χ1n) is 9.99. The van der Waals surface area contributed by atoms with Crippen molar-refractivity contribution in [1.29, 1.82) is 0 Å². The summed E-state index contributed by atoms with van der Waals surface area (Å²) in [4.78, 5) is 12.8. The molecule has 0 aliphatic carbocycles. The van der Waals surface area contributed by atoms with Gasteiger partial charge in [0.2, 0.25) is 0 Å². The van der Waals surface area contributed by atoms with Crippen LogP contribution in [-0.2, 0) is 15.5 Å².